The average Bonchev–Trinajstić information content (AvgIpc) is 2.68. The van der Waals surface area contributed by atoms with Gasteiger partial charge >= 0.3 is 5.97 Å². The monoisotopic (exact) mass is 368 g/mol. The summed E-state index contributed by atoms with van der Waals surface area (Å²) < 4.78 is 10.3. The van der Waals surface area contributed by atoms with Crippen molar-refractivity contribution in [2.24, 2.45) is 5.92 Å². The standard InChI is InChI=1S/C22H24O5/c1-4-27-22(25)21(15(2)23)19(16-10-12-18(26-3)13-11-16)14-20(24)17-8-6-5-7-9-17/h5-13,19,21H,4,14H2,1-3H3. The van der Waals surface area contributed by atoms with E-state index < -0.39 is 17.8 Å². The zero-order valence-electron chi connectivity index (χ0n) is 15.8. The summed E-state index contributed by atoms with van der Waals surface area (Å²) in [7, 11) is 1.56. The molecular weight excluding hydrogens is 344 g/mol. The lowest BCUT2D eigenvalue weighted by Crippen LogP contribution is -2.32. The Kier molecular flexibility index (Phi) is 7.29. The van der Waals surface area contributed by atoms with Crippen molar-refractivity contribution in [2.75, 3.05) is 13.7 Å². The van der Waals surface area contributed by atoms with Crippen LogP contribution in [-0.2, 0) is 14.3 Å². The minimum Gasteiger partial charge on any atom is -0.497 e. The summed E-state index contributed by atoms with van der Waals surface area (Å²) in [6, 6.07) is 15.9. The molecule has 5 heteroatoms. The molecule has 2 rings (SSSR count). The molecule has 0 radical (unpaired) electrons. The van der Waals surface area contributed by atoms with Crippen LogP contribution in [0.3, 0.4) is 0 Å². The first kappa shape index (κ1) is 20.4. The van der Waals surface area contributed by atoms with Gasteiger partial charge in [-0.25, -0.2) is 0 Å². The summed E-state index contributed by atoms with van der Waals surface area (Å²) in [6.07, 6.45) is 0.0272. The summed E-state index contributed by atoms with van der Waals surface area (Å²) in [5.41, 5.74) is 1.26. The molecular formula is C22H24O5. The lowest BCUT2D eigenvalue weighted by molar-refractivity contribution is -0.152. The molecule has 2 aromatic carbocycles. The van der Waals surface area contributed by atoms with Gasteiger partial charge in [0, 0.05) is 17.9 Å². The van der Waals surface area contributed by atoms with Crippen molar-refractivity contribution in [1.82, 2.24) is 0 Å². The molecule has 0 aliphatic rings. The van der Waals surface area contributed by atoms with Gasteiger partial charge in [-0.05, 0) is 31.5 Å². The third-order valence-corrected chi connectivity index (χ3v) is 4.43. The Balaban J connectivity index is 2.41. The van der Waals surface area contributed by atoms with Crippen LogP contribution < -0.4 is 4.74 Å². The van der Waals surface area contributed by atoms with Gasteiger partial charge in [-0.15, -0.1) is 0 Å². The molecule has 27 heavy (non-hydrogen) atoms. The first-order valence-electron chi connectivity index (χ1n) is 8.87. The first-order chi connectivity index (χ1) is 13.0. The average molecular weight is 368 g/mol. The molecule has 0 saturated carbocycles. The highest BCUT2D eigenvalue weighted by Gasteiger charge is 2.36. The molecule has 2 unspecified atom stereocenters. The maximum absolute atomic E-state index is 12.8. The molecule has 0 heterocycles. The molecule has 0 bridgehead atoms. The summed E-state index contributed by atoms with van der Waals surface area (Å²) >= 11 is 0. The van der Waals surface area contributed by atoms with Crippen LogP contribution in [0.5, 0.6) is 5.75 Å². The van der Waals surface area contributed by atoms with Gasteiger partial charge in [0.15, 0.2) is 5.78 Å². The van der Waals surface area contributed by atoms with E-state index in [1.807, 2.05) is 6.07 Å². The van der Waals surface area contributed by atoms with E-state index in [0.717, 1.165) is 0 Å². The Morgan fingerprint density at radius 2 is 1.59 bits per heavy atom. The second-order valence-electron chi connectivity index (χ2n) is 6.21. The van der Waals surface area contributed by atoms with Crippen molar-refractivity contribution >= 4 is 17.5 Å². The number of hydrogen-bond acceptors (Lipinski definition) is 5. The van der Waals surface area contributed by atoms with E-state index in [1.54, 1.807) is 62.6 Å². The number of carbonyl (C=O) groups excluding carboxylic acids is 3. The SMILES string of the molecule is CCOC(=O)C(C(C)=O)C(CC(=O)c1ccccc1)c1ccc(OC)cc1. The maximum Gasteiger partial charge on any atom is 0.317 e. The smallest absolute Gasteiger partial charge is 0.317 e. The third-order valence-electron chi connectivity index (χ3n) is 4.43. The summed E-state index contributed by atoms with van der Waals surface area (Å²) in [5, 5.41) is 0. The Morgan fingerprint density at radius 3 is 2.11 bits per heavy atom. The predicted octanol–water partition coefficient (Wildman–Crippen LogP) is 3.82. The first-order valence-corrected chi connectivity index (χ1v) is 8.87. The third kappa shape index (κ3) is 5.26. The van der Waals surface area contributed by atoms with Crippen molar-refractivity contribution in [1.29, 1.82) is 0 Å². The fourth-order valence-corrected chi connectivity index (χ4v) is 3.07. The second kappa shape index (κ2) is 9.67. The van der Waals surface area contributed by atoms with E-state index in [1.165, 1.54) is 6.92 Å². The molecule has 0 aliphatic carbocycles. The van der Waals surface area contributed by atoms with Crippen molar-refractivity contribution < 1.29 is 23.9 Å². The van der Waals surface area contributed by atoms with Gasteiger partial charge in [0.1, 0.15) is 17.5 Å². The number of hydrogen-bond donors (Lipinski definition) is 0. The zero-order chi connectivity index (χ0) is 19.8. The van der Waals surface area contributed by atoms with Crippen LogP contribution in [0.4, 0.5) is 0 Å². The van der Waals surface area contributed by atoms with Gasteiger partial charge in [0.2, 0.25) is 0 Å². The minimum absolute atomic E-state index is 0.0272. The van der Waals surface area contributed by atoms with Crippen molar-refractivity contribution in [3.8, 4) is 5.75 Å². The Hall–Kier alpha value is -2.95. The molecule has 0 fully saturated rings. The molecule has 0 N–H and O–H groups in total. The van der Waals surface area contributed by atoms with Gasteiger partial charge in [-0.1, -0.05) is 42.5 Å². The van der Waals surface area contributed by atoms with Crippen LogP contribution >= 0.6 is 0 Å². The molecule has 142 valence electrons. The van der Waals surface area contributed by atoms with Crippen LogP contribution in [0.2, 0.25) is 0 Å². The molecule has 0 saturated heterocycles. The Bertz CT molecular complexity index is 780. The maximum atomic E-state index is 12.8. The normalized spacial score (nSPS) is 12.7. The molecule has 0 amide bonds. The van der Waals surface area contributed by atoms with Crippen LogP contribution in [0.25, 0.3) is 0 Å². The van der Waals surface area contributed by atoms with Gasteiger partial charge in [0.05, 0.1) is 13.7 Å². The van der Waals surface area contributed by atoms with E-state index in [9.17, 15) is 14.4 Å². The summed E-state index contributed by atoms with van der Waals surface area (Å²) in [5.74, 6) is -2.05. The summed E-state index contributed by atoms with van der Waals surface area (Å²) in [4.78, 5) is 37.5. The number of ether oxygens (including phenoxy) is 2. The Labute approximate surface area is 159 Å². The number of benzene rings is 2. The van der Waals surface area contributed by atoms with Crippen LogP contribution in [0.1, 0.15) is 42.1 Å². The van der Waals surface area contributed by atoms with Crippen LogP contribution in [0, 0.1) is 5.92 Å². The number of methoxy groups -OCH3 is 1. The van der Waals surface area contributed by atoms with Crippen molar-refractivity contribution in [3.05, 3.63) is 65.7 Å². The van der Waals surface area contributed by atoms with E-state index in [4.69, 9.17) is 9.47 Å². The molecule has 0 spiro atoms. The lowest BCUT2D eigenvalue weighted by atomic mass is 9.79. The molecule has 5 nitrogen and oxygen atoms in total. The van der Waals surface area contributed by atoms with Gasteiger partial charge in [-0.2, -0.15) is 0 Å². The quantitative estimate of drug-likeness (QED) is 0.382. The minimum atomic E-state index is -1.04. The fourth-order valence-electron chi connectivity index (χ4n) is 3.07. The fraction of sp³-hybridized carbons (Fsp3) is 0.318. The van der Waals surface area contributed by atoms with Gasteiger partial charge in [-0.3, -0.25) is 14.4 Å². The van der Waals surface area contributed by atoms with E-state index >= 15 is 0 Å². The van der Waals surface area contributed by atoms with Crippen LogP contribution in [-0.4, -0.2) is 31.3 Å². The number of ketones is 2. The summed E-state index contributed by atoms with van der Waals surface area (Å²) in [6.45, 7) is 3.21. The molecule has 0 aromatic heterocycles. The number of rotatable bonds is 9. The lowest BCUT2D eigenvalue weighted by Gasteiger charge is -2.24. The topological polar surface area (TPSA) is 69.7 Å². The van der Waals surface area contributed by atoms with Gasteiger partial charge < -0.3 is 9.47 Å². The van der Waals surface area contributed by atoms with E-state index in [2.05, 4.69) is 0 Å². The highest BCUT2D eigenvalue weighted by molar-refractivity contribution is 6.01. The highest BCUT2D eigenvalue weighted by Crippen LogP contribution is 2.32. The predicted molar refractivity (Wildman–Crippen MR) is 102 cm³/mol. The second-order valence-corrected chi connectivity index (χ2v) is 6.21. The van der Waals surface area contributed by atoms with Gasteiger partial charge in [0.25, 0.3) is 0 Å². The number of esters is 1. The molecule has 2 atom stereocenters. The van der Waals surface area contributed by atoms with E-state index in [0.29, 0.717) is 16.9 Å². The zero-order valence-corrected chi connectivity index (χ0v) is 15.8. The largest absolute Gasteiger partial charge is 0.497 e. The molecule has 2 aromatic rings. The number of carbonyl (C=O) groups is 3. The molecule has 0 aliphatic heterocycles. The number of Topliss-reactive ketones (excluding diaryl/α,β-unsaturated/α-hetero) is 2. The Morgan fingerprint density at radius 1 is 0.963 bits per heavy atom. The van der Waals surface area contributed by atoms with Crippen molar-refractivity contribution in [2.45, 2.75) is 26.2 Å². The highest BCUT2D eigenvalue weighted by atomic mass is 16.5. The van der Waals surface area contributed by atoms with E-state index in [-0.39, 0.29) is 24.6 Å². The van der Waals surface area contributed by atoms with Crippen LogP contribution in [0.15, 0.2) is 54.6 Å². The van der Waals surface area contributed by atoms with Crippen molar-refractivity contribution in [3.63, 3.8) is 0 Å².